The third kappa shape index (κ3) is 5.00. The molecule has 2 aromatic heterocycles. The van der Waals surface area contributed by atoms with Gasteiger partial charge in [-0.25, -0.2) is 18.7 Å². The lowest BCUT2D eigenvalue weighted by molar-refractivity contribution is -0.115. The molecule has 3 aliphatic rings. The van der Waals surface area contributed by atoms with Crippen molar-refractivity contribution in [2.75, 3.05) is 25.0 Å². The van der Waals surface area contributed by atoms with Crippen LogP contribution in [0.1, 0.15) is 64.9 Å². The Labute approximate surface area is 212 Å². The molecule has 3 fully saturated rings. The molecular weight excluding hydrogens is 521 g/mol. The summed E-state index contributed by atoms with van der Waals surface area (Å²) in [4.78, 5) is 37.8. The lowest BCUT2D eigenvalue weighted by Crippen LogP contribution is -2.61. The van der Waals surface area contributed by atoms with E-state index < -0.39 is 47.9 Å². The van der Waals surface area contributed by atoms with Crippen LogP contribution in [0.3, 0.4) is 0 Å². The molecule has 37 heavy (non-hydrogen) atoms. The van der Waals surface area contributed by atoms with Crippen molar-refractivity contribution in [3.05, 3.63) is 28.5 Å². The minimum Gasteiger partial charge on any atom is -0.386 e. The highest BCUT2D eigenvalue weighted by molar-refractivity contribution is 7.17. The van der Waals surface area contributed by atoms with Gasteiger partial charge in [0.15, 0.2) is 5.01 Å². The van der Waals surface area contributed by atoms with Crippen LogP contribution in [-0.4, -0.2) is 80.2 Å². The van der Waals surface area contributed by atoms with E-state index >= 15 is 0 Å². The molecule has 2 bridgehead atoms. The maximum atomic E-state index is 14.1. The second-order valence-corrected chi connectivity index (χ2v) is 11.0. The Morgan fingerprint density at radius 2 is 1.81 bits per heavy atom. The standard InChI is InChI=1S/C23H24F5N5O3S/c1-22(36)9-32(10-22)21(35)19-31-16(20(34)33-11-2-3-12(33)5-4-11)17(37-19)14-7-29-15(6-13(14)18(24)25)30-8-23(26,27)28/h6-7,11-12,18,36H,2-5,8-10H2,1H3,(H,29,30). The number of thiazole rings is 1. The minimum atomic E-state index is -4.57. The van der Waals surface area contributed by atoms with Crippen LogP contribution < -0.4 is 5.32 Å². The highest BCUT2D eigenvalue weighted by atomic mass is 32.1. The van der Waals surface area contributed by atoms with Gasteiger partial charge in [-0.15, -0.1) is 11.3 Å². The average molecular weight is 546 g/mol. The van der Waals surface area contributed by atoms with Gasteiger partial charge < -0.3 is 20.2 Å². The molecule has 3 saturated heterocycles. The van der Waals surface area contributed by atoms with Crippen molar-refractivity contribution in [2.45, 2.75) is 62.9 Å². The molecule has 8 nitrogen and oxygen atoms in total. The number of amides is 2. The largest absolute Gasteiger partial charge is 0.405 e. The van der Waals surface area contributed by atoms with Crippen LogP contribution in [0.15, 0.2) is 12.3 Å². The molecule has 0 atom stereocenters. The maximum absolute atomic E-state index is 14.1. The first-order valence-corrected chi connectivity index (χ1v) is 12.6. The fraction of sp³-hybridized carbons (Fsp3) is 0.565. The first kappa shape index (κ1) is 25.8. The highest BCUT2D eigenvalue weighted by Gasteiger charge is 2.45. The summed E-state index contributed by atoms with van der Waals surface area (Å²) in [6.07, 6.45) is -3.38. The fourth-order valence-electron chi connectivity index (χ4n) is 5.29. The van der Waals surface area contributed by atoms with Crippen molar-refractivity contribution in [1.82, 2.24) is 19.8 Å². The molecule has 200 valence electrons. The van der Waals surface area contributed by atoms with Gasteiger partial charge in [0, 0.05) is 29.4 Å². The monoisotopic (exact) mass is 545 g/mol. The van der Waals surface area contributed by atoms with E-state index in [-0.39, 0.29) is 46.3 Å². The Bertz CT molecular complexity index is 1210. The van der Waals surface area contributed by atoms with E-state index in [4.69, 9.17) is 0 Å². The zero-order valence-corrected chi connectivity index (χ0v) is 20.5. The van der Waals surface area contributed by atoms with Crippen LogP contribution in [0.5, 0.6) is 0 Å². The average Bonchev–Trinajstić information content (AvgIpc) is 3.54. The summed E-state index contributed by atoms with van der Waals surface area (Å²) in [5, 5.41) is 11.9. The summed E-state index contributed by atoms with van der Waals surface area (Å²) >= 11 is 0.758. The van der Waals surface area contributed by atoms with E-state index in [9.17, 15) is 36.6 Å². The number of pyridine rings is 1. The Kier molecular flexibility index (Phi) is 6.37. The molecule has 14 heteroatoms. The molecule has 0 saturated carbocycles. The molecule has 2 aromatic rings. The molecule has 0 aliphatic carbocycles. The van der Waals surface area contributed by atoms with Crippen molar-refractivity contribution in [1.29, 1.82) is 0 Å². The number of carbonyl (C=O) groups excluding carboxylic acids is 2. The summed E-state index contributed by atoms with van der Waals surface area (Å²) in [5.41, 5.74) is -2.00. The number of nitrogens with one attached hydrogen (secondary N) is 1. The van der Waals surface area contributed by atoms with Gasteiger partial charge in [-0.05, 0) is 38.7 Å². The van der Waals surface area contributed by atoms with E-state index in [0.29, 0.717) is 0 Å². The zero-order chi connectivity index (χ0) is 26.7. The van der Waals surface area contributed by atoms with Crippen molar-refractivity contribution in [3.8, 4) is 10.4 Å². The van der Waals surface area contributed by atoms with Crippen molar-refractivity contribution in [2.24, 2.45) is 0 Å². The zero-order valence-electron chi connectivity index (χ0n) is 19.7. The fourth-order valence-corrected chi connectivity index (χ4v) is 6.35. The Morgan fingerprint density at radius 1 is 1.19 bits per heavy atom. The molecule has 0 unspecified atom stereocenters. The van der Waals surface area contributed by atoms with E-state index in [2.05, 4.69) is 9.97 Å². The Morgan fingerprint density at radius 3 is 2.35 bits per heavy atom. The van der Waals surface area contributed by atoms with E-state index in [1.165, 1.54) is 4.90 Å². The minimum absolute atomic E-state index is 0.0112. The van der Waals surface area contributed by atoms with Crippen LogP contribution in [0.4, 0.5) is 27.8 Å². The first-order valence-electron chi connectivity index (χ1n) is 11.8. The number of carbonyl (C=O) groups is 2. The summed E-state index contributed by atoms with van der Waals surface area (Å²) in [7, 11) is 0. The number of halogens is 5. The molecule has 0 spiro atoms. The van der Waals surface area contributed by atoms with Crippen LogP contribution in [0.25, 0.3) is 10.4 Å². The summed E-state index contributed by atoms with van der Waals surface area (Å²) < 4.78 is 65.9. The number of nitrogens with zero attached hydrogens (tertiary/aromatic N) is 4. The molecule has 5 rings (SSSR count). The Hall–Kier alpha value is -2.87. The normalized spacial score (nSPS) is 22.5. The highest BCUT2D eigenvalue weighted by Crippen LogP contribution is 2.42. The van der Waals surface area contributed by atoms with Crippen molar-refractivity contribution >= 4 is 29.0 Å². The van der Waals surface area contributed by atoms with Crippen LogP contribution >= 0.6 is 11.3 Å². The van der Waals surface area contributed by atoms with E-state index in [0.717, 1.165) is 49.3 Å². The molecule has 5 heterocycles. The van der Waals surface area contributed by atoms with Gasteiger partial charge in [0.25, 0.3) is 18.2 Å². The van der Waals surface area contributed by atoms with Crippen LogP contribution in [0, 0.1) is 0 Å². The van der Waals surface area contributed by atoms with E-state index in [1.807, 2.05) is 5.32 Å². The second kappa shape index (κ2) is 9.15. The lowest BCUT2D eigenvalue weighted by Gasteiger charge is -2.43. The number of aromatic nitrogens is 2. The smallest absolute Gasteiger partial charge is 0.386 e. The third-order valence-electron chi connectivity index (χ3n) is 6.94. The summed E-state index contributed by atoms with van der Waals surface area (Å²) in [6.45, 7) is 0.229. The van der Waals surface area contributed by atoms with Crippen molar-refractivity contribution < 1.29 is 36.6 Å². The number of aliphatic hydroxyl groups is 1. The predicted molar refractivity (Wildman–Crippen MR) is 124 cm³/mol. The number of fused-ring (bicyclic) bond motifs is 2. The Balaban J connectivity index is 1.54. The van der Waals surface area contributed by atoms with Crippen LogP contribution in [-0.2, 0) is 0 Å². The number of rotatable bonds is 6. The van der Waals surface area contributed by atoms with Crippen molar-refractivity contribution in [3.63, 3.8) is 0 Å². The van der Waals surface area contributed by atoms with Gasteiger partial charge in [0.2, 0.25) is 0 Å². The van der Waals surface area contributed by atoms with Gasteiger partial charge in [0.05, 0.1) is 23.6 Å². The number of anilines is 1. The summed E-state index contributed by atoms with van der Waals surface area (Å²) in [6, 6.07) is 0.838. The summed E-state index contributed by atoms with van der Waals surface area (Å²) in [5.74, 6) is -1.41. The molecular formula is C23H24F5N5O3S. The topological polar surface area (TPSA) is 98.7 Å². The molecule has 3 aliphatic heterocycles. The third-order valence-corrected chi connectivity index (χ3v) is 8.01. The number of alkyl halides is 5. The SMILES string of the molecule is CC1(O)CN(C(=O)c2nc(C(=O)N3C4CCC3CC4)c(-c3cnc(NCC(F)(F)F)cc3C(F)F)s2)C1. The van der Waals surface area contributed by atoms with Gasteiger partial charge in [-0.1, -0.05) is 0 Å². The number of likely N-dealkylation sites (tertiary alicyclic amines) is 1. The van der Waals surface area contributed by atoms with Gasteiger partial charge in [-0.3, -0.25) is 9.59 Å². The van der Waals surface area contributed by atoms with E-state index in [1.54, 1.807) is 11.8 Å². The number of β-amino-alcohol motifs (C(OH)–C–C–N with tert-alkyl or cyclic N) is 1. The van der Waals surface area contributed by atoms with Gasteiger partial charge in [0.1, 0.15) is 18.1 Å². The molecule has 0 radical (unpaired) electrons. The quantitative estimate of drug-likeness (QED) is 0.531. The van der Waals surface area contributed by atoms with Gasteiger partial charge in [-0.2, -0.15) is 13.2 Å². The van der Waals surface area contributed by atoms with Crippen LogP contribution in [0.2, 0.25) is 0 Å². The molecule has 2 amide bonds. The number of hydrogen-bond acceptors (Lipinski definition) is 7. The lowest BCUT2D eigenvalue weighted by atomic mass is 9.97. The van der Waals surface area contributed by atoms with Gasteiger partial charge >= 0.3 is 6.18 Å². The maximum Gasteiger partial charge on any atom is 0.405 e. The second-order valence-electron chi connectivity index (χ2n) is 9.96. The number of hydrogen-bond donors (Lipinski definition) is 2. The molecule has 0 aromatic carbocycles. The first-order chi connectivity index (χ1) is 17.3. The predicted octanol–water partition coefficient (Wildman–Crippen LogP) is 4.09. The molecule has 2 N–H and O–H groups in total.